The number of amides is 3. The monoisotopic (exact) mass is 469 g/mol. The minimum absolute atomic E-state index is 0.113. The fourth-order valence-electron chi connectivity index (χ4n) is 4.59. The van der Waals surface area contributed by atoms with E-state index >= 15 is 0 Å². The lowest BCUT2D eigenvalue weighted by Crippen LogP contribution is -2.40. The van der Waals surface area contributed by atoms with Crippen LogP contribution in [0.5, 0.6) is 0 Å². The zero-order valence-electron chi connectivity index (χ0n) is 20.4. The Morgan fingerprint density at radius 1 is 1.09 bits per heavy atom. The first-order chi connectivity index (χ1) is 15.6. The molecule has 2 aliphatic rings. The lowest BCUT2D eigenvalue weighted by molar-refractivity contribution is -0.130. The summed E-state index contributed by atoms with van der Waals surface area (Å²) < 4.78 is 2.32. The molecular formula is C25H35N5O2S. The number of carbonyl (C=O) groups is 2. The fourth-order valence-corrected chi connectivity index (χ4v) is 5.52. The summed E-state index contributed by atoms with van der Waals surface area (Å²) in [6.45, 7) is 10.6. The molecule has 2 fully saturated rings. The van der Waals surface area contributed by atoms with E-state index in [0.29, 0.717) is 19.0 Å². The third-order valence-electron chi connectivity index (χ3n) is 6.57. The van der Waals surface area contributed by atoms with Gasteiger partial charge < -0.3 is 5.32 Å². The van der Waals surface area contributed by atoms with Crippen LogP contribution in [0.15, 0.2) is 29.4 Å². The Morgan fingerprint density at radius 2 is 1.76 bits per heavy atom. The largest absolute Gasteiger partial charge is 0.325 e. The van der Waals surface area contributed by atoms with Crippen LogP contribution < -0.4 is 5.32 Å². The first-order valence-corrected chi connectivity index (χ1v) is 12.9. The van der Waals surface area contributed by atoms with Crippen LogP contribution in [-0.4, -0.2) is 49.4 Å². The second-order valence-electron chi connectivity index (χ2n) is 10.7. The summed E-state index contributed by atoms with van der Waals surface area (Å²) in [5, 5.41) is 12.8. The third kappa shape index (κ3) is 4.95. The number of aromatic nitrogens is 3. The van der Waals surface area contributed by atoms with Crippen LogP contribution in [0.2, 0.25) is 0 Å². The molecule has 0 radical (unpaired) electrons. The van der Waals surface area contributed by atoms with E-state index in [9.17, 15) is 9.59 Å². The van der Waals surface area contributed by atoms with Crippen molar-refractivity contribution in [2.75, 3.05) is 12.3 Å². The minimum atomic E-state index is -0.815. The van der Waals surface area contributed by atoms with E-state index in [0.717, 1.165) is 35.1 Å². The molecule has 1 N–H and O–H groups in total. The number of thioether (sulfide) groups is 1. The molecule has 0 spiro atoms. The number of hydrogen-bond donors (Lipinski definition) is 1. The van der Waals surface area contributed by atoms with Crippen LogP contribution in [0.4, 0.5) is 4.79 Å². The predicted molar refractivity (Wildman–Crippen MR) is 131 cm³/mol. The molecule has 0 unspecified atom stereocenters. The summed E-state index contributed by atoms with van der Waals surface area (Å²) in [6.07, 6.45) is 5.48. The normalized spacial score (nSPS) is 18.9. The molecule has 4 rings (SSSR count). The molecule has 33 heavy (non-hydrogen) atoms. The SMILES string of the molecule is CC1(C)NC(=O)N(CCCSc2nnc(-c3ccc(C(C)(C)C)cc3)n2C2CCCC2)C1=O. The van der Waals surface area contributed by atoms with Gasteiger partial charge in [-0.1, -0.05) is 69.6 Å². The first-order valence-electron chi connectivity index (χ1n) is 11.9. The summed E-state index contributed by atoms with van der Waals surface area (Å²) >= 11 is 1.66. The van der Waals surface area contributed by atoms with E-state index < -0.39 is 5.54 Å². The van der Waals surface area contributed by atoms with Gasteiger partial charge in [0.1, 0.15) is 5.54 Å². The Hall–Kier alpha value is -2.35. The van der Waals surface area contributed by atoms with Crippen molar-refractivity contribution in [3.05, 3.63) is 29.8 Å². The van der Waals surface area contributed by atoms with Crippen molar-refractivity contribution >= 4 is 23.7 Å². The van der Waals surface area contributed by atoms with Gasteiger partial charge in [-0.25, -0.2) is 4.79 Å². The highest BCUT2D eigenvalue weighted by molar-refractivity contribution is 7.99. The average molecular weight is 470 g/mol. The molecule has 7 nitrogen and oxygen atoms in total. The Bertz CT molecular complexity index is 1020. The van der Waals surface area contributed by atoms with Crippen LogP contribution in [0.1, 0.15) is 78.3 Å². The van der Waals surface area contributed by atoms with E-state index in [1.807, 2.05) is 0 Å². The quantitative estimate of drug-likeness (QED) is 0.344. The van der Waals surface area contributed by atoms with Gasteiger partial charge in [-0.3, -0.25) is 14.3 Å². The molecule has 2 heterocycles. The van der Waals surface area contributed by atoms with E-state index in [2.05, 4.69) is 65.1 Å². The molecule has 1 aromatic carbocycles. The minimum Gasteiger partial charge on any atom is -0.324 e. The molecule has 2 aromatic rings. The number of imide groups is 1. The second kappa shape index (κ2) is 9.12. The molecule has 1 aliphatic heterocycles. The Kier molecular flexibility index (Phi) is 6.58. The number of hydrogen-bond acceptors (Lipinski definition) is 5. The number of nitrogens with one attached hydrogen (secondary N) is 1. The molecule has 1 saturated carbocycles. The predicted octanol–water partition coefficient (Wildman–Crippen LogP) is 5.17. The number of nitrogens with zero attached hydrogens (tertiary/aromatic N) is 4. The average Bonchev–Trinajstić information content (AvgIpc) is 3.45. The molecule has 1 saturated heterocycles. The van der Waals surface area contributed by atoms with Crippen molar-refractivity contribution in [2.45, 2.75) is 88.9 Å². The highest BCUT2D eigenvalue weighted by Gasteiger charge is 2.43. The zero-order valence-corrected chi connectivity index (χ0v) is 21.2. The van der Waals surface area contributed by atoms with Crippen molar-refractivity contribution in [2.24, 2.45) is 0 Å². The van der Waals surface area contributed by atoms with Crippen LogP contribution in [0.3, 0.4) is 0 Å². The number of benzene rings is 1. The molecule has 0 bridgehead atoms. The first kappa shape index (κ1) is 23.8. The number of urea groups is 1. The molecule has 1 aromatic heterocycles. The van der Waals surface area contributed by atoms with Crippen molar-refractivity contribution < 1.29 is 9.59 Å². The topological polar surface area (TPSA) is 80.1 Å². The van der Waals surface area contributed by atoms with Gasteiger partial charge in [0.05, 0.1) is 0 Å². The Labute approximate surface area is 200 Å². The maximum atomic E-state index is 12.4. The van der Waals surface area contributed by atoms with Gasteiger partial charge in [0.15, 0.2) is 11.0 Å². The van der Waals surface area contributed by atoms with Gasteiger partial charge in [0.25, 0.3) is 5.91 Å². The third-order valence-corrected chi connectivity index (χ3v) is 7.59. The molecule has 1 aliphatic carbocycles. The van der Waals surface area contributed by atoms with E-state index in [1.54, 1.807) is 25.6 Å². The number of rotatable bonds is 7. The maximum Gasteiger partial charge on any atom is 0.325 e. The summed E-state index contributed by atoms with van der Waals surface area (Å²) in [4.78, 5) is 25.8. The summed E-state index contributed by atoms with van der Waals surface area (Å²) in [5.74, 6) is 1.54. The van der Waals surface area contributed by atoms with Gasteiger partial charge in [0, 0.05) is 23.9 Å². The second-order valence-corrected chi connectivity index (χ2v) is 11.7. The molecular weight excluding hydrogens is 434 g/mol. The molecule has 0 atom stereocenters. The van der Waals surface area contributed by atoms with Gasteiger partial charge in [-0.05, 0) is 44.1 Å². The van der Waals surface area contributed by atoms with Crippen molar-refractivity contribution in [1.82, 2.24) is 25.0 Å². The lowest BCUT2D eigenvalue weighted by Gasteiger charge is -2.20. The van der Waals surface area contributed by atoms with Gasteiger partial charge in [0.2, 0.25) is 0 Å². The van der Waals surface area contributed by atoms with E-state index in [4.69, 9.17) is 0 Å². The van der Waals surface area contributed by atoms with Crippen molar-refractivity contribution in [3.63, 3.8) is 0 Å². The molecule has 178 valence electrons. The van der Waals surface area contributed by atoms with E-state index in [1.165, 1.54) is 23.3 Å². The summed E-state index contributed by atoms with van der Waals surface area (Å²) in [5.41, 5.74) is 1.69. The van der Waals surface area contributed by atoms with Gasteiger partial charge >= 0.3 is 6.03 Å². The smallest absolute Gasteiger partial charge is 0.324 e. The van der Waals surface area contributed by atoms with Crippen LogP contribution >= 0.6 is 11.8 Å². The lowest BCUT2D eigenvalue weighted by atomic mass is 9.86. The Morgan fingerprint density at radius 3 is 2.33 bits per heavy atom. The van der Waals surface area contributed by atoms with Crippen LogP contribution in [-0.2, 0) is 10.2 Å². The van der Waals surface area contributed by atoms with Crippen LogP contribution in [0, 0.1) is 0 Å². The maximum absolute atomic E-state index is 12.4. The summed E-state index contributed by atoms with van der Waals surface area (Å²) in [7, 11) is 0. The number of carbonyl (C=O) groups excluding carboxylic acids is 2. The van der Waals surface area contributed by atoms with Gasteiger partial charge in [-0.15, -0.1) is 10.2 Å². The molecule has 3 amide bonds. The Balaban J connectivity index is 1.47. The highest BCUT2D eigenvalue weighted by atomic mass is 32.2. The van der Waals surface area contributed by atoms with Gasteiger partial charge in [-0.2, -0.15) is 0 Å². The summed E-state index contributed by atoms with van der Waals surface area (Å²) in [6, 6.07) is 8.81. The highest BCUT2D eigenvalue weighted by Crippen LogP contribution is 2.37. The standard InChI is InChI=1S/C25H35N5O2S/c1-24(2,3)18-13-11-17(12-14-18)20-27-28-23(30(20)19-9-6-7-10-19)33-16-8-15-29-21(31)25(4,5)26-22(29)32/h11-14,19H,6-10,15-16H2,1-5H3,(H,26,32). The molecule has 8 heteroatoms. The van der Waals surface area contributed by atoms with Crippen LogP contribution in [0.25, 0.3) is 11.4 Å². The zero-order chi connectivity index (χ0) is 23.8. The fraction of sp³-hybridized carbons (Fsp3) is 0.600. The van der Waals surface area contributed by atoms with Crippen molar-refractivity contribution in [1.29, 1.82) is 0 Å². The van der Waals surface area contributed by atoms with Crippen molar-refractivity contribution in [3.8, 4) is 11.4 Å². The van der Waals surface area contributed by atoms with E-state index in [-0.39, 0.29) is 17.4 Å².